The number of nitrogens with zero attached hydrogens (tertiary/aromatic N) is 1. The maximum Gasteiger partial charge on any atom is 0.231 e. The smallest absolute Gasteiger partial charge is 0.231 e. The first-order chi connectivity index (χ1) is 13.6. The Morgan fingerprint density at radius 2 is 1.50 bits per heavy atom. The molecule has 3 aromatic carbocycles. The molecule has 0 bridgehead atoms. The molecule has 0 amide bonds. The van der Waals surface area contributed by atoms with Crippen LogP contribution in [0.4, 0.5) is 0 Å². The third-order valence-electron chi connectivity index (χ3n) is 4.43. The van der Waals surface area contributed by atoms with Crippen molar-refractivity contribution in [3.05, 3.63) is 105 Å². The lowest BCUT2D eigenvalue weighted by molar-refractivity contribution is 0.472. The van der Waals surface area contributed by atoms with Crippen LogP contribution in [-0.2, 0) is 7.05 Å². The van der Waals surface area contributed by atoms with Gasteiger partial charge in [-0.25, -0.2) is 0 Å². The first-order valence-electron chi connectivity index (χ1n) is 8.90. The molecule has 4 rings (SSSR count). The zero-order chi connectivity index (χ0) is 19.5. The zero-order valence-corrected chi connectivity index (χ0v) is 17.5. The molecule has 0 saturated heterocycles. The molecule has 28 heavy (non-hydrogen) atoms. The van der Waals surface area contributed by atoms with Crippen molar-refractivity contribution in [2.45, 2.75) is 0 Å². The minimum Gasteiger partial charge on any atom is -0.452 e. The van der Waals surface area contributed by atoms with E-state index in [-0.39, 0.29) is 5.43 Å². The van der Waals surface area contributed by atoms with E-state index < -0.39 is 0 Å². The van der Waals surface area contributed by atoms with Gasteiger partial charge in [0.05, 0.1) is 6.20 Å². The van der Waals surface area contributed by atoms with Gasteiger partial charge in [-0.15, -0.1) is 0 Å². The van der Waals surface area contributed by atoms with Gasteiger partial charge in [-0.05, 0) is 63.5 Å². The summed E-state index contributed by atoms with van der Waals surface area (Å²) in [4.78, 5) is 13.1. The molecule has 0 aliphatic rings. The Morgan fingerprint density at radius 1 is 0.786 bits per heavy atom. The Labute approximate surface area is 177 Å². The number of hydrogen-bond donors (Lipinski definition) is 0. The van der Waals surface area contributed by atoms with Crippen LogP contribution in [-0.4, -0.2) is 4.57 Å². The summed E-state index contributed by atoms with van der Waals surface area (Å²) in [7, 11) is 1.89. The average molecular weight is 479 g/mol. The van der Waals surface area contributed by atoms with Crippen molar-refractivity contribution in [3.63, 3.8) is 0 Å². The van der Waals surface area contributed by atoms with Gasteiger partial charge in [0.1, 0.15) is 5.75 Å². The molecule has 0 spiro atoms. The summed E-state index contributed by atoms with van der Waals surface area (Å²) >= 11 is 2.23. The van der Waals surface area contributed by atoms with E-state index >= 15 is 0 Å². The molecule has 4 heteroatoms. The quantitative estimate of drug-likeness (QED) is 0.331. The van der Waals surface area contributed by atoms with Crippen LogP contribution in [0.3, 0.4) is 0 Å². The van der Waals surface area contributed by atoms with E-state index in [0.717, 1.165) is 20.3 Å². The molecule has 138 valence electrons. The lowest BCUT2D eigenvalue weighted by Crippen LogP contribution is -2.11. The number of benzene rings is 3. The van der Waals surface area contributed by atoms with E-state index in [1.165, 1.54) is 0 Å². The van der Waals surface area contributed by atoms with Crippen molar-refractivity contribution in [2.24, 2.45) is 7.05 Å². The number of aryl methyl sites for hydroxylation is 1. The SMILES string of the molecule is Cn1cc(Oc2cccc(I)c2)c(=O)c(-c2cccc(-c3ccccc3)c2)c1. The summed E-state index contributed by atoms with van der Waals surface area (Å²) in [6, 6.07) is 25.8. The molecule has 0 N–H and O–H groups in total. The normalized spacial score (nSPS) is 10.6. The molecule has 1 heterocycles. The first-order valence-corrected chi connectivity index (χ1v) is 9.97. The second kappa shape index (κ2) is 8.02. The van der Waals surface area contributed by atoms with Crippen LogP contribution in [0, 0.1) is 3.57 Å². The number of aromatic nitrogens is 1. The van der Waals surface area contributed by atoms with Crippen molar-refractivity contribution in [2.75, 3.05) is 0 Å². The lowest BCUT2D eigenvalue weighted by Gasteiger charge is -2.11. The third-order valence-corrected chi connectivity index (χ3v) is 5.10. The van der Waals surface area contributed by atoms with Crippen molar-refractivity contribution in [1.82, 2.24) is 4.57 Å². The Morgan fingerprint density at radius 3 is 2.29 bits per heavy atom. The van der Waals surface area contributed by atoms with Gasteiger partial charge in [-0.3, -0.25) is 4.79 Å². The third kappa shape index (κ3) is 4.02. The summed E-state index contributed by atoms with van der Waals surface area (Å²) in [6.45, 7) is 0. The van der Waals surface area contributed by atoms with Crippen LogP contribution in [0.25, 0.3) is 22.3 Å². The number of rotatable bonds is 4. The van der Waals surface area contributed by atoms with Gasteiger partial charge in [-0.2, -0.15) is 0 Å². The molecule has 0 unspecified atom stereocenters. The molecule has 0 aliphatic carbocycles. The highest BCUT2D eigenvalue weighted by atomic mass is 127. The van der Waals surface area contributed by atoms with E-state index in [1.807, 2.05) is 78.5 Å². The molecule has 0 saturated carbocycles. The predicted molar refractivity (Wildman–Crippen MR) is 122 cm³/mol. The highest BCUT2D eigenvalue weighted by Gasteiger charge is 2.12. The molecule has 0 fully saturated rings. The number of ether oxygens (including phenoxy) is 1. The van der Waals surface area contributed by atoms with Gasteiger partial charge in [0.25, 0.3) is 0 Å². The van der Waals surface area contributed by atoms with Gasteiger partial charge in [0.15, 0.2) is 5.75 Å². The fourth-order valence-corrected chi connectivity index (χ4v) is 3.62. The predicted octanol–water partition coefficient (Wildman–Crippen LogP) is 6.12. The van der Waals surface area contributed by atoms with Crippen LogP contribution < -0.4 is 10.2 Å². The standard InChI is InChI=1S/C24H18INO2/c1-26-15-22(19-10-5-9-18(13-19)17-7-3-2-4-8-17)24(27)23(16-26)28-21-12-6-11-20(25)14-21/h2-16H,1H3. The zero-order valence-electron chi connectivity index (χ0n) is 15.3. The van der Waals surface area contributed by atoms with Crippen LogP contribution in [0.2, 0.25) is 0 Å². The topological polar surface area (TPSA) is 31.2 Å². The van der Waals surface area contributed by atoms with Crippen LogP contribution >= 0.6 is 22.6 Å². The van der Waals surface area contributed by atoms with Crippen molar-refractivity contribution < 1.29 is 4.74 Å². The summed E-state index contributed by atoms with van der Waals surface area (Å²) in [5.41, 5.74) is 3.55. The molecule has 0 radical (unpaired) electrons. The van der Waals surface area contributed by atoms with Gasteiger partial charge in [0.2, 0.25) is 5.43 Å². The van der Waals surface area contributed by atoms with E-state index in [2.05, 4.69) is 40.8 Å². The maximum absolute atomic E-state index is 13.1. The number of pyridine rings is 1. The summed E-state index contributed by atoms with van der Waals surface area (Å²) in [5, 5.41) is 0. The fraction of sp³-hybridized carbons (Fsp3) is 0.0417. The largest absolute Gasteiger partial charge is 0.452 e. The van der Waals surface area contributed by atoms with Crippen LogP contribution in [0.15, 0.2) is 96.1 Å². The Balaban J connectivity index is 1.77. The molecular weight excluding hydrogens is 461 g/mol. The van der Waals surface area contributed by atoms with Crippen molar-refractivity contribution in [3.8, 4) is 33.8 Å². The molecular formula is C24H18INO2. The highest BCUT2D eigenvalue weighted by Crippen LogP contribution is 2.27. The number of halogens is 1. The lowest BCUT2D eigenvalue weighted by atomic mass is 10.00. The summed E-state index contributed by atoms with van der Waals surface area (Å²) in [5.74, 6) is 0.964. The Kier molecular flexibility index (Phi) is 5.30. The molecule has 1 aromatic heterocycles. The van der Waals surface area contributed by atoms with Gasteiger partial charge in [0, 0.05) is 22.4 Å². The Bertz CT molecular complexity index is 1180. The van der Waals surface area contributed by atoms with Gasteiger partial charge < -0.3 is 9.30 Å². The molecule has 3 nitrogen and oxygen atoms in total. The minimum absolute atomic E-state index is 0.123. The summed E-state index contributed by atoms with van der Waals surface area (Å²) in [6.07, 6.45) is 3.56. The molecule has 0 aliphatic heterocycles. The second-order valence-corrected chi connectivity index (χ2v) is 7.78. The van der Waals surface area contributed by atoms with Crippen molar-refractivity contribution in [1.29, 1.82) is 0 Å². The number of hydrogen-bond acceptors (Lipinski definition) is 2. The molecule has 0 atom stereocenters. The Hall–Kier alpha value is -2.86. The van der Waals surface area contributed by atoms with E-state index in [4.69, 9.17) is 4.74 Å². The second-order valence-electron chi connectivity index (χ2n) is 6.54. The van der Waals surface area contributed by atoms with Gasteiger partial charge >= 0.3 is 0 Å². The maximum atomic E-state index is 13.1. The average Bonchev–Trinajstić information content (AvgIpc) is 2.71. The van der Waals surface area contributed by atoms with Crippen molar-refractivity contribution >= 4 is 22.6 Å². The van der Waals surface area contributed by atoms with Gasteiger partial charge in [-0.1, -0.05) is 54.6 Å². The monoisotopic (exact) mass is 479 g/mol. The summed E-state index contributed by atoms with van der Waals surface area (Å²) < 4.78 is 8.82. The first kappa shape index (κ1) is 18.5. The van der Waals surface area contributed by atoms with E-state index in [1.54, 1.807) is 6.20 Å². The minimum atomic E-state index is -0.123. The van der Waals surface area contributed by atoms with E-state index in [0.29, 0.717) is 17.1 Å². The fourth-order valence-electron chi connectivity index (χ4n) is 3.11. The molecule has 4 aromatic rings. The van der Waals surface area contributed by atoms with Crippen LogP contribution in [0.1, 0.15) is 0 Å². The van der Waals surface area contributed by atoms with Crippen LogP contribution in [0.5, 0.6) is 11.5 Å². The van der Waals surface area contributed by atoms with E-state index in [9.17, 15) is 4.79 Å². The highest BCUT2D eigenvalue weighted by molar-refractivity contribution is 14.1.